The summed E-state index contributed by atoms with van der Waals surface area (Å²) in [5.41, 5.74) is 5.44. The standard InChI is InChI=1S/C9H9ClFNO2/c1-4-2-3-5(10)6(7(4)11)8(12)9(13)14/h2-3,8H,12H2,1H3,(H,13,14)/t8-/m1/s1. The van der Waals surface area contributed by atoms with Crippen LogP contribution < -0.4 is 5.73 Å². The van der Waals surface area contributed by atoms with Gasteiger partial charge in [0.25, 0.3) is 0 Å². The van der Waals surface area contributed by atoms with Crippen molar-refractivity contribution in [3.8, 4) is 0 Å². The van der Waals surface area contributed by atoms with E-state index in [2.05, 4.69) is 0 Å². The summed E-state index contributed by atoms with van der Waals surface area (Å²) in [6, 6.07) is 1.47. The zero-order valence-electron chi connectivity index (χ0n) is 7.42. The van der Waals surface area contributed by atoms with Crippen molar-refractivity contribution in [1.82, 2.24) is 0 Å². The summed E-state index contributed by atoms with van der Waals surface area (Å²) in [7, 11) is 0. The molecule has 1 aromatic carbocycles. The molecule has 0 spiro atoms. The number of nitrogens with two attached hydrogens (primary N) is 1. The van der Waals surface area contributed by atoms with Gasteiger partial charge in [0.1, 0.15) is 11.9 Å². The maximum Gasteiger partial charge on any atom is 0.325 e. The molecule has 14 heavy (non-hydrogen) atoms. The second-order valence-corrected chi connectivity index (χ2v) is 3.32. The van der Waals surface area contributed by atoms with Gasteiger partial charge in [-0.1, -0.05) is 17.7 Å². The van der Waals surface area contributed by atoms with E-state index in [0.29, 0.717) is 5.56 Å². The molecular weight excluding hydrogens is 209 g/mol. The zero-order chi connectivity index (χ0) is 10.9. The lowest BCUT2D eigenvalue weighted by atomic mass is 10.0. The minimum Gasteiger partial charge on any atom is -0.480 e. The molecule has 3 N–H and O–H groups in total. The molecule has 3 nitrogen and oxygen atoms in total. The van der Waals surface area contributed by atoms with Gasteiger partial charge in [-0.25, -0.2) is 4.39 Å². The van der Waals surface area contributed by atoms with Crippen LogP contribution in [0.5, 0.6) is 0 Å². The van der Waals surface area contributed by atoms with Gasteiger partial charge in [0.15, 0.2) is 0 Å². The van der Waals surface area contributed by atoms with Gasteiger partial charge in [0.2, 0.25) is 0 Å². The first-order valence-electron chi connectivity index (χ1n) is 3.88. The van der Waals surface area contributed by atoms with Crippen molar-refractivity contribution in [2.24, 2.45) is 5.73 Å². The van der Waals surface area contributed by atoms with Gasteiger partial charge in [-0.3, -0.25) is 4.79 Å². The highest BCUT2D eigenvalue weighted by Gasteiger charge is 2.22. The van der Waals surface area contributed by atoms with Crippen LogP contribution in [0.3, 0.4) is 0 Å². The van der Waals surface area contributed by atoms with Crippen molar-refractivity contribution >= 4 is 17.6 Å². The Hall–Kier alpha value is -1.13. The highest BCUT2D eigenvalue weighted by atomic mass is 35.5. The molecule has 0 aliphatic rings. The molecule has 5 heteroatoms. The lowest BCUT2D eigenvalue weighted by Gasteiger charge is -2.11. The summed E-state index contributed by atoms with van der Waals surface area (Å²) in [5, 5.41) is 8.66. The van der Waals surface area contributed by atoms with E-state index in [1.807, 2.05) is 0 Å². The number of carbonyl (C=O) groups is 1. The van der Waals surface area contributed by atoms with Gasteiger partial charge in [-0.2, -0.15) is 0 Å². The SMILES string of the molecule is Cc1ccc(Cl)c([C@@H](N)C(=O)O)c1F. The van der Waals surface area contributed by atoms with Crippen LogP contribution in [-0.4, -0.2) is 11.1 Å². The molecule has 1 rings (SSSR count). The van der Waals surface area contributed by atoms with Crippen LogP contribution in [0.25, 0.3) is 0 Å². The molecule has 0 radical (unpaired) electrons. The number of hydrogen-bond acceptors (Lipinski definition) is 2. The zero-order valence-corrected chi connectivity index (χ0v) is 8.18. The monoisotopic (exact) mass is 217 g/mol. The molecule has 0 fully saturated rings. The second-order valence-electron chi connectivity index (χ2n) is 2.91. The van der Waals surface area contributed by atoms with Gasteiger partial charge in [-0.05, 0) is 18.6 Å². The molecule has 0 saturated heterocycles. The average molecular weight is 218 g/mol. The molecular formula is C9H9ClFNO2. The first kappa shape index (κ1) is 10.9. The molecule has 0 saturated carbocycles. The maximum atomic E-state index is 13.4. The first-order valence-corrected chi connectivity index (χ1v) is 4.26. The fourth-order valence-electron chi connectivity index (χ4n) is 1.09. The fraction of sp³-hybridized carbons (Fsp3) is 0.222. The van der Waals surface area contributed by atoms with Gasteiger partial charge >= 0.3 is 5.97 Å². The molecule has 0 heterocycles. The van der Waals surface area contributed by atoms with Gasteiger partial charge < -0.3 is 10.8 Å². The van der Waals surface area contributed by atoms with Crippen molar-refractivity contribution in [1.29, 1.82) is 0 Å². The number of carboxylic acid groups (broad SMARTS) is 1. The van der Waals surface area contributed by atoms with Crippen LogP contribution in [0, 0.1) is 12.7 Å². The van der Waals surface area contributed by atoms with Crippen molar-refractivity contribution in [2.45, 2.75) is 13.0 Å². The summed E-state index contributed by atoms with van der Waals surface area (Å²) in [5.74, 6) is -1.97. The normalized spacial score (nSPS) is 12.6. The third-order valence-corrected chi connectivity index (χ3v) is 2.23. The third-order valence-electron chi connectivity index (χ3n) is 1.90. The topological polar surface area (TPSA) is 63.3 Å². The second kappa shape index (κ2) is 3.94. The molecule has 1 atom stereocenters. The number of benzene rings is 1. The Morgan fingerprint density at radius 3 is 2.71 bits per heavy atom. The number of aryl methyl sites for hydroxylation is 1. The highest BCUT2D eigenvalue weighted by Crippen LogP contribution is 2.26. The van der Waals surface area contributed by atoms with E-state index in [0.717, 1.165) is 0 Å². The minimum absolute atomic E-state index is 0.0306. The number of aliphatic carboxylic acids is 1. The Balaban J connectivity index is 3.32. The number of rotatable bonds is 2. The molecule has 0 amide bonds. The highest BCUT2D eigenvalue weighted by molar-refractivity contribution is 6.31. The van der Waals surface area contributed by atoms with Crippen molar-refractivity contribution in [3.05, 3.63) is 34.1 Å². The van der Waals surface area contributed by atoms with Crippen LogP contribution in [-0.2, 0) is 4.79 Å². The Bertz CT molecular complexity index is 381. The smallest absolute Gasteiger partial charge is 0.325 e. The van der Waals surface area contributed by atoms with E-state index in [-0.39, 0.29) is 10.6 Å². The van der Waals surface area contributed by atoms with Crippen molar-refractivity contribution < 1.29 is 14.3 Å². The summed E-state index contributed by atoms with van der Waals surface area (Å²) < 4.78 is 13.4. The van der Waals surface area contributed by atoms with Crippen LogP contribution in [0.1, 0.15) is 17.2 Å². The molecule has 0 unspecified atom stereocenters. The predicted octanol–water partition coefficient (Wildman–Crippen LogP) is 1.87. The third kappa shape index (κ3) is 1.86. The summed E-state index contributed by atoms with van der Waals surface area (Å²) in [6.45, 7) is 1.52. The van der Waals surface area contributed by atoms with E-state index in [4.69, 9.17) is 22.4 Å². The van der Waals surface area contributed by atoms with Crippen LogP contribution in [0.15, 0.2) is 12.1 Å². The predicted molar refractivity (Wildman–Crippen MR) is 50.7 cm³/mol. The van der Waals surface area contributed by atoms with Crippen LogP contribution in [0.4, 0.5) is 4.39 Å². The van der Waals surface area contributed by atoms with E-state index >= 15 is 0 Å². The van der Waals surface area contributed by atoms with E-state index < -0.39 is 17.8 Å². The largest absolute Gasteiger partial charge is 0.480 e. The van der Waals surface area contributed by atoms with E-state index in [1.165, 1.54) is 19.1 Å². The molecule has 0 aromatic heterocycles. The Morgan fingerprint density at radius 1 is 1.64 bits per heavy atom. The quantitative estimate of drug-likeness (QED) is 0.795. The molecule has 0 aliphatic heterocycles. The molecule has 0 aliphatic carbocycles. The lowest BCUT2D eigenvalue weighted by molar-refractivity contribution is -0.138. The Kier molecular flexibility index (Phi) is 3.08. The number of halogens is 2. The van der Waals surface area contributed by atoms with E-state index in [9.17, 15) is 9.18 Å². The van der Waals surface area contributed by atoms with Crippen LogP contribution >= 0.6 is 11.6 Å². The lowest BCUT2D eigenvalue weighted by Crippen LogP contribution is -2.22. The number of hydrogen-bond donors (Lipinski definition) is 2. The molecule has 1 aromatic rings. The first-order chi connectivity index (χ1) is 6.45. The molecule has 0 bridgehead atoms. The van der Waals surface area contributed by atoms with Gasteiger partial charge in [0, 0.05) is 10.6 Å². The van der Waals surface area contributed by atoms with Crippen LogP contribution in [0.2, 0.25) is 5.02 Å². The van der Waals surface area contributed by atoms with Gasteiger partial charge in [-0.15, -0.1) is 0 Å². The summed E-state index contributed by atoms with van der Waals surface area (Å²) in [4.78, 5) is 10.6. The summed E-state index contributed by atoms with van der Waals surface area (Å²) in [6.07, 6.45) is 0. The summed E-state index contributed by atoms with van der Waals surface area (Å²) >= 11 is 5.66. The molecule has 76 valence electrons. The number of carboxylic acids is 1. The fourth-order valence-corrected chi connectivity index (χ4v) is 1.35. The maximum absolute atomic E-state index is 13.4. The minimum atomic E-state index is -1.43. The van der Waals surface area contributed by atoms with Crippen molar-refractivity contribution in [2.75, 3.05) is 0 Å². The average Bonchev–Trinajstić information content (AvgIpc) is 2.12. The Morgan fingerprint density at radius 2 is 2.21 bits per heavy atom. The van der Waals surface area contributed by atoms with E-state index in [1.54, 1.807) is 0 Å². The Labute approximate surface area is 85.3 Å². The van der Waals surface area contributed by atoms with Gasteiger partial charge in [0.05, 0.1) is 0 Å². The van der Waals surface area contributed by atoms with Crippen molar-refractivity contribution in [3.63, 3.8) is 0 Å².